The van der Waals surface area contributed by atoms with Crippen molar-refractivity contribution in [1.82, 2.24) is 10.2 Å². The standard InChI is InChI=1S/C12H17ClN2O2.ClH/c1-14-7-8-15(2)12(16)11-9(13)5-4-6-10(11)17-3;/h4-6,14H,7-8H2,1-3H3;1H. The Bertz CT molecular complexity index is 400. The van der Waals surface area contributed by atoms with Crippen LogP contribution in [0, 0.1) is 0 Å². The highest BCUT2D eigenvalue weighted by Gasteiger charge is 2.19. The minimum atomic E-state index is -0.136. The molecule has 0 bridgehead atoms. The van der Waals surface area contributed by atoms with Gasteiger partial charge in [0.25, 0.3) is 5.91 Å². The van der Waals surface area contributed by atoms with Gasteiger partial charge in [-0.3, -0.25) is 4.79 Å². The van der Waals surface area contributed by atoms with E-state index in [1.807, 2.05) is 7.05 Å². The number of nitrogens with one attached hydrogen (secondary N) is 1. The molecule has 18 heavy (non-hydrogen) atoms. The Morgan fingerprint density at radius 1 is 1.50 bits per heavy atom. The molecule has 1 amide bonds. The summed E-state index contributed by atoms with van der Waals surface area (Å²) in [5, 5.41) is 3.40. The van der Waals surface area contributed by atoms with Crippen molar-refractivity contribution in [2.75, 3.05) is 34.3 Å². The third-order valence-electron chi connectivity index (χ3n) is 2.45. The van der Waals surface area contributed by atoms with Crippen LogP contribution < -0.4 is 10.1 Å². The van der Waals surface area contributed by atoms with Crippen LogP contribution in [0.5, 0.6) is 5.75 Å². The molecule has 0 spiro atoms. The van der Waals surface area contributed by atoms with E-state index in [-0.39, 0.29) is 18.3 Å². The molecule has 0 atom stereocenters. The van der Waals surface area contributed by atoms with E-state index in [1.54, 1.807) is 30.1 Å². The number of carbonyl (C=O) groups is 1. The van der Waals surface area contributed by atoms with Crippen molar-refractivity contribution >= 4 is 29.9 Å². The lowest BCUT2D eigenvalue weighted by Gasteiger charge is -2.19. The number of hydrogen-bond donors (Lipinski definition) is 1. The molecule has 0 heterocycles. The number of hydrogen-bond acceptors (Lipinski definition) is 3. The first kappa shape index (κ1) is 17.0. The smallest absolute Gasteiger partial charge is 0.258 e. The zero-order valence-corrected chi connectivity index (χ0v) is 12.3. The summed E-state index contributed by atoms with van der Waals surface area (Å²) >= 11 is 6.04. The molecule has 1 rings (SSSR count). The topological polar surface area (TPSA) is 41.6 Å². The number of methoxy groups -OCH3 is 1. The van der Waals surface area contributed by atoms with E-state index in [9.17, 15) is 4.79 Å². The molecular weight excluding hydrogens is 275 g/mol. The third-order valence-corrected chi connectivity index (χ3v) is 2.77. The summed E-state index contributed by atoms with van der Waals surface area (Å²) in [6.07, 6.45) is 0. The van der Waals surface area contributed by atoms with Crippen LogP contribution in [0.15, 0.2) is 18.2 Å². The fourth-order valence-corrected chi connectivity index (χ4v) is 1.70. The van der Waals surface area contributed by atoms with E-state index < -0.39 is 0 Å². The van der Waals surface area contributed by atoms with Crippen molar-refractivity contribution in [3.63, 3.8) is 0 Å². The molecule has 0 radical (unpaired) electrons. The monoisotopic (exact) mass is 292 g/mol. The predicted octanol–water partition coefficient (Wildman–Crippen LogP) is 2.06. The number of benzene rings is 1. The van der Waals surface area contributed by atoms with Gasteiger partial charge in [-0.2, -0.15) is 0 Å². The Labute approximate surface area is 119 Å². The first-order valence-electron chi connectivity index (χ1n) is 5.34. The molecule has 0 aliphatic rings. The quantitative estimate of drug-likeness (QED) is 0.903. The number of carbonyl (C=O) groups excluding carboxylic acids is 1. The number of ether oxygens (including phenoxy) is 1. The van der Waals surface area contributed by atoms with Crippen molar-refractivity contribution < 1.29 is 9.53 Å². The average Bonchev–Trinajstić information content (AvgIpc) is 2.34. The van der Waals surface area contributed by atoms with E-state index in [0.29, 0.717) is 22.9 Å². The van der Waals surface area contributed by atoms with Crippen LogP contribution in [0.3, 0.4) is 0 Å². The van der Waals surface area contributed by atoms with Crippen LogP contribution >= 0.6 is 24.0 Å². The van der Waals surface area contributed by atoms with Gasteiger partial charge >= 0.3 is 0 Å². The Morgan fingerprint density at radius 2 is 2.17 bits per heavy atom. The summed E-state index contributed by atoms with van der Waals surface area (Å²) in [6.45, 7) is 1.35. The Morgan fingerprint density at radius 3 is 2.72 bits per heavy atom. The molecule has 1 N–H and O–H groups in total. The fraction of sp³-hybridized carbons (Fsp3) is 0.417. The zero-order valence-electron chi connectivity index (χ0n) is 10.7. The molecule has 0 fully saturated rings. The van der Waals surface area contributed by atoms with Gasteiger partial charge in [0, 0.05) is 20.1 Å². The van der Waals surface area contributed by atoms with Crippen molar-refractivity contribution in [2.24, 2.45) is 0 Å². The molecule has 0 saturated heterocycles. The number of likely N-dealkylation sites (N-methyl/N-ethyl adjacent to an activating group) is 2. The maximum absolute atomic E-state index is 12.2. The van der Waals surface area contributed by atoms with Crippen LogP contribution in [0.25, 0.3) is 0 Å². The molecule has 4 nitrogen and oxygen atoms in total. The third kappa shape index (κ3) is 4.05. The Balaban J connectivity index is 0.00000289. The second-order valence-electron chi connectivity index (χ2n) is 3.65. The summed E-state index contributed by atoms with van der Waals surface area (Å²) < 4.78 is 5.15. The number of halogens is 2. The normalized spacial score (nSPS) is 9.56. The van der Waals surface area contributed by atoms with Gasteiger partial charge < -0.3 is 15.0 Å². The summed E-state index contributed by atoms with van der Waals surface area (Å²) in [5.74, 6) is 0.363. The van der Waals surface area contributed by atoms with Gasteiger partial charge in [0.05, 0.1) is 12.1 Å². The van der Waals surface area contributed by atoms with Crippen LogP contribution in [0.4, 0.5) is 0 Å². The highest BCUT2D eigenvalue weighted by atomic mass is 35.5. The molecule has 102 valence electrons. The molecule has 0 aliphatic carbocycles. The highest BCUT2D eigenvalue weighted by molar-refractivity contribution is 6.34. The van der Waals surface area contributed by atoms with E-state index in [1.165, 1.54) is 7.11 Å². The first-order chi connectivity index (χ1) is 8.11. The van der Waals surface area contributed by atoms with Crippen LogP contribution in [-0.4, -0.2) is 45.1 Å². The van der Waals surface area contributed by atoms with Crippen LogP contribution in [0.2, 0.25) is 5.02 Å². The minimum absolute atomic E-state index is 0. The molecule has 1 aromatic carbocycles. The first-order valence-corrected chi connectivity index (χ1v) is 5.72. The molecular formula is C12H18Cl2N2O2. The van der Waals surface area contributed by atoms with Gasteiger partial charge in [-0.25, -0.2) is 0 Å². The minimum Gasteiger partial charge on any atom is -0.496 e. The molecule has 0 aromatic heterocycles. The second kappa shape index (κ2) is 8.19. The van der Waals surface area contributed by atoms with Gasteiger partial charge in [0.1, 0.15) is 11.3 Å². The lowest BCUT2D eigenvalue weighted by Crippen LogP contribution is -2.33. The maximum Gasteiger partial charge on any atom is 0.258 e. The van der Waals surface area contributed by atoms with E-state index >= 15 is 0 Å². The van der Waals surface area contributed by atoms with Gasteiger partial charge in [-0.15, -0.1) is 12.4 Å². The molecule has 6 heteroatoms. The van der Waals surface area contributed by atoms with E-state index in [4.69, 9.17) is 16.3 Å². The number of rotatable bonds is 5. The van der Waals surface area contributed by atoms with Crippen LogP contribution in [0.1, 0.15) is 10.4 Å². The zero-order chi connectivity index (χ0) is 12.8. The van der Waals surface area contributed by atoms with Gasteiger partial charge in [0.15, 0.2) is 0 Å². The van der Waals surface area contributed by atoms with Crippen molar-refractivity contribution in [3.05, 3.63) is 28.8 Å². The van der Waals surface area contributed by atoms with Crippen molar-refractivity contribution in [3.8, 4) is 5.75 Å². The lowest BCUT2D eigenvalue weighted by molar-refractivity contribution is 0.0793. The van der Waals surface area contributed by atoms with Crippen molar-refractivity contribution in [2.45, 2.75) is 0 Å². The summed E-state index contributed by atoms with van der Waals surface area (Å²) in [7, 11) is 5.10. The number of nitrogens with zero attached hydrogens (tertiary/aromatic N) is 1. The van der Waals surface area contributed by atoms with Gasteiger partial charge in [-0.1, -0.05) is 17.7 Å². The Hall–Kier alpha value is -0.970. The van der Waals surface area contributed by atoms with Gasteiger partial charge in [0.2, 0.25) is 0 Å². The molecule has 0 saturated carbocycles. The highest BCUT2D eigenvalue weighted by Crippen LogP contribution is 2.27. The predicted molar refractivity (Wildman–Crippen MR) is 76.1 cm³/mol. The van der Waals surface area contributed by atoms with Gasteiger partial charge in [-0.05, 0) is 19.2 Å². The Kier molecular flexibility index (Phi) is 7.75. The fourth-order valence-electron chi connectivity index (χ4n) is 1.45. The number of amides is 1. The summed E-state index contributed by atoms with van der Waals surface area (Å²) in [5.41, 5.74) is 0.412. The van der Waals surface area contributed by atoms with Crippen LogP contribution in [-0.2, 0) is 0 Å². The second-order valence-corrected chi connectivity index (χ2v) is 4.05. The van der Waals surface area contributed by atoms with Crippen molar-refractivity contribution in [1.29, 1.82) is 0 Å². The average molecular weight is 293 g/mol. The van der Waals surface area contributed by atoms with E-state index in [2.05, 4.69) is 5.32 Å². The summed E-state index contributed by atoms with van der Waals surface area (Å²) in [4.78, 5) is 13.8. The molecule has 1 aromatic rings. The maximum atomic E-state index is 12.2. The largest absolute Gasteiger partial charge is 0.496 e. The SMILES string of the molecule is CNCCN(C)C(=O)c1c(Cl)cccc1OC.Cl. The van der Waals surface area contributed by atoms with E-state index in [0.717, 1.165) is 6.54 Å². The lowest BCUT2D eigenvalue weighted by atomic mass is 10.1. The molecule has 0 aliphatic heterocycles. The summed E-state index contributed by atoms with van der Waals surface area (Å²) in [6, 6.07) is 5.17. The molecule has 0 unspecified atom stereocenters.